The minimum atomic E-state index is -0.204. The summed E-state index contributed by atoms with van der Waals surface area (Å²) in [7, 11) is 0. The summed E-state index contributed by atoms with van der Waals surface area (Å²) < 4.78 is 15.3. The average molecular weight is 384 g/mol. The summed E-state index contributed by atoms with van der Waals surface area (Å²) in [6, 6.07) is 9.19. The third-order valence-corrected chi connectivity index (χ3v) is 6.36. The normalized spacial score (nSPS) is 23.7. The van der Waals surface area contributed by atoms with Crippen LogP contribution < -0.4 is 4.90 Å². The summed E-state index contributed by atoms with van der Waals surface area (Å²) in [5, 5.41) is 4.27. The van der Waals surface area contributed by atoms with Crippen LogP contribution in [0.5, 0.6) is 0 Å². The molecule has 3 heterocycles. The maximum atomic E-state index is 13.4. The van der Waals surface area contributed by atoms with E-state index in [-0.39, 0.29) is 17.3 Å². The van der Waals surface area contributed by atoms with Gasteiger partial charge in [0.2, 0.25) is 5.91 Å². The van der Waals surface area contributed by atoms with Crippen molar-refractivity contribution in [2.24, 2.45) is 5.92 Å². The molecular weight excluding hydrogens is 355 g/mol. The van der Waals surface area contributed by atoms with Crippen molar-refractivity contribution in [1.82, 2.24) is 14.7 Å². The molecule has 2 aliphatic heterocycles. The lowest BCUT2D eigenvalue weighted by molar-refractivity contribution is -0.133. The van der Waals surface area contributed by atoms with Crippen molar-refractivity contribution in [3.63, 3.8) is 0 Å². The zero-order valence-electron chi connectivity index (χ0n) is 16.9. The van der Waals surface area contributed by atoms with E-state index in [9.17, 15) is 9.18 Å². The maximum absolute atomic E-state index is 13.4. The molecule has 1 aromatic heterocycles. The van der Waals surface area contributed by atoms with Crippen molar-refractivity contribution < 1.29 is 9.18 Å². The predicted molar refractivity (Wildman–Crippen MR) is 108 cm³/mol. The van der Waals surface area contributed by atoms with E-state index in [1.807, 2.05) is 34.7 Å². The molecule has 1 amide bonds. The summed E-state index contributed by atoms with van der Waals surface area (Å²) in [6.07, 6.45) is 4.26. The summed E-state index contributed by atoms with van der Waals surface area (Å²) in [5.74, 6) is 0.459. The number of aryl methyl sites for hydroxylation is 2. The molecule has 6 heteroatoms. The van der Waals surface area contributed by atoms with E-state index in [4.69, 9.17) is 0 Å². The molecule has 0 N–H and O–H groups in total. The second-order valence-electron chi connectivity index (χ2n) is 8.76. The third kappa shape index (κ3) is 3.52. The fourth-order valence-corrected chi connectivity index (χ4v) is 5.11. The largest absolute Gasteiger partial charge is 0.363 e. The molecule has 1 aromatic carbocycles. The van der Waals surface area contributed by atoms with Gasteiger partial charge in [0.15, 0.2) is 0 Å². The first-order chi connectivity index (χ1) is 13.3. The summed E-state index contributed by atoms with van der Waals surface area (Å²) >= 11 is 0. The Morgan fingerprint density at radius 3 is 2.68 bits per heavy atom. The summed E-state index contributed by atoms with van der Waals surface area (Å²) in [4.78, 5) is 17.3. The van der Waals surface area contributed by atoms with Gasteiger partial charge in [0.1, 0.15) is 5.82 Å². The van der Waals surface area contributed by atoms with Gasteiger partial charge in [-0.1, -0.05) is 0 Å². The number of piperidine rings is 1. The number of halogens is 1. The van der Waals surface area contributed by atoms with Crippen LogP contribution in [0.1, 0.15) is 38.8 Å². The van der Waals surface area contributed by atoms with Crippen LogP contribution in [-0.4, -0.2) is 45.3 Å². The van der Waals surface area contributed by atoms with Gasteiger partial charge in [-0.2, -0.15) is 5.10 Å². The lowest BCUT2D eigenvalue weighted by atomic mass is 9.89. The summed E-state index contributed by atoms with van der Waals surface area (Å²) in [6.45, 7) is 8.74. The SMILES string of the molecule is Cc1ccnn1CCC(=O)N1CC[C@H]2[C@@H](C1)CC(C)(C)N2c1ccc(F)cc1. The predicted octanol–water partition coefficient (Wildman–Crippen LogP) is 3.63. The number of anilines is 1. The molecule has 150 valence electrons. The number of amides is 1. The van der Waals surface area contributed by atoms with Gasteiger partial charge in [-0.05, 0) is 69.9 Å². The second kappa shape index (κ2) is 7.22. The first-order valence-corrected chi connectivity index (χ1v) is 10.2. The van der Waals surface area contributed by atoms with Crippen molar-refractivity contribution in [3.8, 4) is 0 Å². The topological polar surface area (TPSA) is 41.4 Å². The third-order valence-electron chi connectivity index (χ3n) is 6.36. The van der Waals surface area contributed by atoms with Gasteiger partial charge < -0.3 is 9.80 Å². The minimum Gasteiger partial charge on any atom is -0.363 e. The first kappa shape index (κ1) is 19.0. The monoisotopic (exact) mass is 384 g/mol. The van der Waals surface area contributed by atoms with Gasteiger partial charge in [-0.3, -0.25) is 9.48 Å². The van der Waals surface area contributed by atoms with Gasteiger partial charge >= 0.3 is 0 Å². The van der Waals surface area contributed by atoms with Crippen molar-refractivity contribution in [1.29, 1.82) is 0 Å². The van der Waals surface area contributed by atoms with E-state index in [1.165, 1.54) is 12.1 Å². The van der Waals surface area contributed by atoms with Crippen molar-refractivity contribution in [2.45, 2.75) is 58.2 Å². The number of nitrogens with zero attached hydrogens (tertiary/aromatic N) is 4. The zero-order valence-corrected chi connectivity index (χ0v) is 16.9. The molecule has 5 nitrogen and oxygen atoms in total. The molecule has 4 rings (SSSR count). The van der Waals surface area contributed by atoms with Crippen LogP contribution >= 0.6 is 0 Å². The van der Waals surface area contributed by atoms with E-state index < -0.39 is 0 Å². The molecule has 0 aliphatic carbocycles. The Kier molecular flexibility index (Phi) is 4.89. The minimum absolute atomic E-state index is 0.00159. The van der Waals surface area contributed by atoms with Crippen LogP contribution in [-0.2, 0) is 11.3 Å². The van der Waals surface area contributed by atoms with Crippen LogP contribution in [0.15, 0.2) is 36.5 Å². The molecule has 0 saturated carbocycles. The molecule has 28 heavy (non-hydrogen) atoms. The highest BCUT2D eigenvalue weighted by Crippen LogP contribution is 2.44. The van der Waals surface area contributed by atoms with Crippen molar-refractivity contribution in [2.75, 3.05) is 18.0 Å². The Hall–Kier alpha value is -2.37. The van der Waals surface area contributed by atoms with E-state index >= 15 is 0 Å². The van der Waals surface area contributed by atoms with Gasteiger partial charge in [0.25, 0.3) is 0 Å². The highest BCUT2D eigenvalue weighted by atomic mass is 19.1. The molecule has 2 aromatic rings. The van der Waals surface area contributed by atoms with Gasteiger partial charge in [0.05, 0.1) is 0 Å². The number of rotatable bonds is 4. The standard InChI is InChI=1S/C22H29FN4O/c1-16-8-11-24-26(16)13-10-21(28)25-12-9-20-17(15-25)14-22(2,3)27(20)19-6-4-18(23)5-7-19/h4-8,11,17,20H,9-10,12-15H2,1-3H3/t17-,20+/m1/s1. The quantitative estimate of drug-likeness (QED) is 0.808. The molecule has 0 spiro atoms. The number of fused-ring (bicyclic) bond motifs is 1. The number of aromatic nitrogens is 2. The maximum Gasteiger partial charge on any atom is 0.224 e. The van der Waals surface area contributed by atoms with Crippen LogP contribution in [0, 0.1) is 18.7 Å². The van der Waals surface area contributed by atoms with Gasteiger partial charge in [0, 0.05) is 55.2 Å². The Morgan fingerprint density at radius 1 is 1.25 bits per heavy atom. The van der Waals surface area contributed by atoms with E-state index in [1.54, 1.807) is 6.20 Å². The lowest BCUT2D eigenvalue weighted by Crippen LogP contribution is -2.50. The highest BCUT2D eigenvalue weighted by molar-refractivity contribution is 5.76. The zero-order chi connectivity index (χ0) is 19.9. The molecular formula is C22H29FN4O. The molecule has 2 fully saturated rings. The Bertz CT molecular complexity index is 844. The molecule has 0 unspecified atom stereocenters. The summed E-state index contributed by atoms with van der Waals surface area (Å²) in [5.41, 5.74) is 2.16. The van der Waals surface area contributed by atoms with Crippen LogP contribution in [0.4, 0.5) is 10.1 Å². The second-order valence-corrected chi connectivity index (χ2v) is 8.76. The number of likely N-dealkylation sites (tertiary alicyclic amines) is 1. The van der Waals surface area contributed by atoms with E-state index in [0.717, 1.165) is 37.3 Å². The van der Waals surface area contributed by atoms with E-state index in [0.29, 0.717) is 24.9 Å². The van der Waals surface area contributed by atoms with Crippen molar-refractivity contribution >= 4 is 11.6 Å². The Morgan fingerprint density at radius 2 is 2.00 bits per heavy atom. The van der Waals surface area contributed by atoms with Crippen LogP contribution in [0.3, 0.4) is 0 Å². The Labute approximate surface area is 166 Å². The highest BCUT2D eigenvalue weighted by Gasteiger charge is 2.48. The lowest BCUT2D eigenvalue weighted by Gasteiger charge is -2.42. The fourth-order valence-electron chi connectivity index (χ4n) is 5.11. The Balaban J connectivity index is 1.42. The van der Waals surface area contributed by atoms with Crippen LogP contribution in [0.25, 0.3) is 0 Å². The van der Waals surface area contributed by atoms with Gasteiger partial charge in [-0.25, -0.2) is 4.39 Å². The smallest absolute Gasteiger partial charge is 0.224 e. The molecule has 0 radical (unpaired) electrons. The van der Waals surface area contributed by atoms with E-state index in [2.05, 4.69) is 23.8 Å². The first-order valence-electron chi connectivity index (χ1n) is 10.2. The molecule has 0 bridgehead atoms. The molecule has 2 saturated heterocycles. The number of carbonyl (C=O) groups excluding carboxylic acids is 1. The average Bonchev–Trinajstić information content (AvgIpc) is 3.18. The van der Waals surface area contributed by atoms with Gasteiger partial charge in [-0.15, -0.1) is 0 Å². The van der Waals surface area contributed by atoms with Crippen LogP contribution in [0.2, 0.25) is 0 Å². The number of hydrogen-bond acceptors (Lipinski definition) is 3. The molecule has 2 aliphatic rings. The fraction of sp³-hybridized carbons (Fsp3) is 0.545. The van der Waals surface area contributed by atoms with Crippen molar-refractivity contribution in [3.05, 3.63) is 48.0 Å². The molecule has 2 atom stereocenters. The number of carbonyl (C=O) groups is 1. The number of hydrogen-bond donors (Lipinski definition) is 0. The number of benzene rings is 1.